The van der Waals surface area contributed by atoms with Crippen LogP contribution in [0.1, 0.15) is 21.2 Å². The molecule has 0 aromatic heterocycles. The molecule has 0 fully saturated rings. The second-order valence-electron chi connectivity index (χ2n) is 2.69. The zero-order chi connectivity index (χ0) is 8.74. The molecule has 0 spiro atoms. The third kappa shape index (κ3) is 2.87. The van der Waals surface area contributed by atoms with Crippen molar-refractivity contribution in [3.05, 3.63) is 0 Å². The van der Waals surface area contributed by atoms with Gasteiger partial charge in [-0.25, -0.2) is 0 Å². The van der Waals surface area contributed by atoms with Crippen LogP contribution in [-0.4, -0.2) is 20.3 Å². The lowest BCUT2D eigenvalue weighted by atomic mass is 9.84. The summed E-state index contributed by atoms with van der Waals surface area (Å²) < 4.78 is 4.90. The smallest absolute Gasteiger partial charge is 0.0715 e. The zero-order valence-corrected chi connectivity index (χ0v) is 7.26. The molecule has 2 N–H and O–H groups in total. The van der Waals surface area contributed by atoms with Gasteiger partial charge >= 0.3 is 0 Å². The number of hydrogen-bond donors (Lipinski definition) is 1. The molecule has 0 aromatic rings. The monoisotopic (exact) mass is 158 g/mol. The van der Waals surface area contributed by atoms with Gasteiger partial charge in [-0.05, 0) is 12.8 Å². The van der Waals surface area contributed by atoms with Crippen LogP contribution >= 0.6 is 0 Å². The van der Waals surface area contributed by atoms with E-state index in [4.69, 9.17) is 15.7 Å². The van der Waals surface area contributed by atoms with Crippen LogP contribution in [0.3, 0.4) is 0 Å². The number of nitriles is 1. The minimum atomic E-state index is -0.365. The Morgan fingerprint density at radius 1 is 1.73 bits per heavy atom. The molecule has 66 valence electrons. The standard InChI is InChI=1S/C8H16N2O.H2/c1-3-8(6-9,7-10)4-5-11-2;/h3-6,9H2,1-2H3;1H. The van der Waals surface area contributed by atoms with Gasteiger partial charge in [0.25, 0.3) is 0 Å². The average Bonchev–Trinajstić information content (AvgIpc) is 2.08. The van der Waals surface area contributed by atoms with Crippen molar-refractivity contribution in [2.75, 3.05) is 20.3 Å². The Balaban J connectivity index is 0. The predicted molar refractivity (Wildman–Crippen MR) is 46.0 cm³/mol. The number of rotatable bonds is 5. The van der Waals surface area contributed by atoms with Gasteiger partial charge in [0.05, 0.1) is 11.5 Å². The van der Waals surface area contributed by atoms with E-state index < -0.39 is 0 Å². The lowest BCUT2D eigenvalue weighted by Gasteiger charge is -2.21. The van der Waals surface area contributed by atoms with E-state index in [-0.39, 0.29) is 6.84 Å². The van der Waals surface area contributed by atoms with Crippen molar-refractivity contribution in [1.29, 1.82) is 5.26 Å². The summed E-state index contributed by atoms with van der Waals surface area (Å²) in [6.45, 7) is 3.01. The topological polar surface area (TPSA) is 59.0 Å². The van der Waals surface area contributed by atoms with Crippen molar-refractivity contribution >= 4 is 0 Å². The lowest BCUT2D eigenvalue weighted by molar-refractivity contribution is 0.159. The summed E-state index contributed by atoms with van der Waals surface area (Å²) >= 11 is 0. The molecule has 0 heterocycles. The van der Waals surface area contributed by atoms with E-state index in [0.29, 0.717) is 13.2 Å². The van der Waals surface area contributed by atoms with E-state index in [0.717, 1.165) is 12.8 Å². The van der Waals surface area contributed by atoms with E-state index in [1.54, 1.807) is 7.11 Å². The highest BCUT2D eigenvalue weighted by atomic mass is 16.5. The molecule has 0 aliphatic heterocycles. The molecule has 0 aromatic carbocycles. The number of ether oxygens (including phenoxy) is 1. The molecule has 0 amide bonds. The minimum Gasteiger partial charge on any atom is -0.385 e. The molecule has 0 saturated heterocycles. The molecule has 3 nitrogen and oxygen atoms in total. The van der Waals surface area contributed by atoms with Gasteiger partial charge in [-0.2, -0.15) is 5.26 Å². The molecule has 11 heavy (non-hydrogen) atoms. The fourth-order valence-corrected chi connectivity index (χ4v) is 0.901. The first kappa shape index (κ1) is 10.4. The Morgan fingerprint density at radius 3 is 2.64 bits per heavy atom. The first-order valence-corrected chi connectivity index (χ1v) is 3.85. The first-order valence-electron chi connectivity index (χ1n) is 3.85. The van der Waals surface area contributed by atoms with Crippen molar-refractivity contribution in [1.82, 2.24) is 0 Å². The van der Waals surface area contributed by atoms with Gasteiger partial charge in [0.2, 0.25) is 0 Å². The van der Waals surface area contributed by atoms with Gasteiger partial charge < -0.3 is 10.5 Å². The summed E-state index contributed by atoms with van der Waals surface area (Å²) in [5, 5.41) is 8.82. The second kappa shape index (κ2) is 5.11. The Morgan fingerprint density at radius 2 is 2.36 bits per heavy atom. The normalized spacial score (nSPS) is 15.5. The quantitative estimate of drug-likeness (QED) is 0.653. The maximum Gasteiger partial charge on any atom is 0.0715 e. The molecular weight excluding hydrogens is 140 g/mol. The molecule has 3 heteroatoms. The molecule has 1 unspecified atom stereocenters. The summed E-state index contributed by atoms with van der Waals surface area (Å²) in [6, 6.07) is 2.24. The number of nitrogens with zero attached hydrogens (tertiary/aromatic N) is 1. The Bertz CT molecular complexity index is 140. The van der Waals surface area contributed by atoms with Crippen LogP contribution in [0, 0.1) is 16.7 Å². The molecule has 1 atom stereocenters. The number of methoxy groups -OCH3 is 1. The van der Waals surface area contributed by atoms with Crippen LogP contribution in [0.4, 0.5) is 0 Å². The average molecular weight is 158 g/mol. The summed E-state index contributed by atoms with van der Waals surface area (Å²) in [4.78, 5) is 0. The summed E-state index contributed by atoms with van der Waals surface area (Å²) in [6.07, 6.45) is 1.52. The predicted octanol–water partition coefficient (Wildman–Crippen LogP) is 1.15. The Kier molecular flexibility index (Phi) is 4.84. The molecule has 0 aliphatic rings. The maximum absolute atomic E-state index is 8.82. The highest BCUT2D eigenvalue weighted by Gasteiger charge is 2.25. The molecule has 0 saturated carbocycles. The van der Waals surface area contributed by atoms with Gasteiger partial charge in [0, 0.05) is 21.7 Å². The lowest BCUT2D eigenvalue weighted by Crippen LogP contribution is -2.29. The summed E-state index contributed by atoms with van der Waals surface area (Å²) in [5.41, 5.74) is 5.13. The van der Waals surface area contributed by atoms with E-state index in [1.165, 1.54) is 0 Å². The highest BCUT2D eigenvalue weighted by molar-refractivity contribution is 4.98. The van der Waals surface area contributed by atoms with Crippen LogP contribution in [0.25, 0.3) is 0 Å². The SMILES string of the molecule is CCC(C#N)(CN)CCOC.[HH]. The van der Waals surface area contributed by atoms with Gasteiger partial charge in [-0.15, -0.1) is 0 Å². The zero-order valence-electron chi connectivity index (χ0n) is 7.26. The van der Waals surface area contributed by atoms with Gasteiger partial charge in [-0.3, -0.25) is 0 Å². The van der Waals surface area contributed by atoms with E-state index >= 15 is 0 Å². The maximum atomic E-state index is 8.82. The fraction of sp³-hybridized carbons (Fsp3) is 0.875. The van der Waals surface area contributed by atoms with Crippen LogP contribution in [0.5, 0.6) is 0 Å². The fourth-order valence-electron chi connectivity index (χ4n) is 0.901. The van der Waals surface area contributed by atoms with Gasteiger partial charge in [0.15, 0.2) is 0 Å². The van der Waals surface area contributed by atoms with Crippen molar-refractivity contribution in [3.8, 4) is 6.07 Å². The molecular formula is C8H18N2O. The van der Waals surface area contributed by atoms with Crippen LogP contribution in [-0.2, 0) is 4.74 Å². The largest absolute Gasteiger partial charge is 0.385 e. The molecule has 0 radical (unpaired) electrons. The second-order valence-corrected chi connectivity index (χ2v) is 2.69. The molecule has 0 aliphatic carbocycles. The summed E-state index contributed by atoms with van der Waals surface area (Å²) in [5.74, 6) is 0. The first-order chi connectivity index (χ1) is 5.24. The minimum absolute atomic E-state index is 0. The van der Waals surface area contributed by atoms with Crippen molar-refractivity contribution in [2.45, 2.75) is 19.8 Å². The Hall–Kier alpha value is -0.590. The van der Waals surface area contributed by atoms with Crippen LogP contribution in [0.2, 0.25) is 0 Å². The van der Waals surface area contributed by atoms with Crippen molar-refractivity contribution in [2.24, 2.45) is 11.1 Å². The third-order valence-corrected chi connectivity index (χ3v) is 2.09. The highest BCUT2D eigenvalue weighted by Crippen LogP contribution is 2.23. The van der Waals surface area contributed by atoms with Crippen LogP contribution < -0.4 is 5.73 Å². The van der Waals surface area contributed by atoms with Crippen LogP contribution in [0.15, 0.2) is 0 Å². The van der Waals surface area contributed by atoms with E-state index in [9.17, 15) is 0 Å². The van der Waals surface area contributed by atoms with Crippen molar-refractivity contribution in [3.63, 3.8) is 0 Å². The summed E-state index contributed by atoms with van der Waals surface area (Å²) in [7, 11) is 1.63. The van der Waals surface area contributed by atoms with Gasteiger partial charge in [0.1, 0.15) is 0 Å². The van der Waals surface area contributed by atoms with Gasteiger partial charge in [-0.1, -0.05) is 6.92 Å². The molecule has 0 bridgehead atoms. The molecule has 0 rings (SSSR count). The third-order valence-electron chi connectivity index (χ3n) is 2.09. The van der Waals surface area contributed by atoms with E-state index in [1.807, 2.05) is 6.92 Å². The van der Waals surface area contributed by atoms with Crippen molar-refractivity contribution < 1.29 is 6.16 Å². The van der Waals surface area contributed by atoms with E-state index in [2.05, 4.69) is 6.07 Å². The number of nitrogens with two attached hydrogens (primary N) is 1. The number of hydrogen-bond acceptors (Lipinski definition) is 3. The Labute approximate surface area is 69.6 Å².